The molecule has 0 bridgehead atoms. The van der Waals surface area contributed by atoms with E-state index in [0.29, 0.717) is 24.0 Å². The van der Waals surface area contributed by atoms with E-state index >= 15 is 0 Å². The maximum Gasteiger partial charge on any atom is 0.193 e. The predicted molar refractivity (Wildman–Crippen MR) is 118 cm³/mol. The lowest BCUT2D eigenvalue weighted by molar-refractivity contribution is 0.130. The fourth-order valence-electron chi connectivity index (χ4n) is 3.43. The van der Waals surface area contributed by atoms with Gasteiger partial charge in [-0.2, -0.15) is 0 Å². The first-order chi connectivity index (χ1) is 14.2. The average Bonchev–Trinajstić information content (AvgIpc) is 2.75. The molecule has 0 amide bonds. The van der Waals surface area contributed by atoms with Gasteiger partial charge in [-0.15, -0.1) is 0 Å². The summed E-state index contributed by atoms with van der Waals surface area (Å²) in [5.41, 5.74) is 8.22. The van der Waals surface area contributed by atoms with Crippen molar-refractivity contribution in [3.63, 3.8) is 0 Å². The van der Waals surface area contributed by atoms with Crippen LogP contribution in [0.25, 0.3) is 0 Å². The first kappa shape index (κ1) is 21.0. The molecule has 0 radical (unpaired) electrons. The molecule has 0 spiro atoms. The third-order valence-corrected chi connectivity index (χ3v) is 5.07. The molecule has 1 saturated heterocycles. The van der Waals surface area contributed by atoms with Crippen molar-refractivity contribution in [2.24, 2.45) is 10.7 Å². The molecule has 0 atom stereocenters. The lowest BCUT2D eigenvalue weighted by atomic mass is 10.2. The lowest BCUT2D eigenvalue weighted by Crippen LogP contribution is -2.46. The van der Waals surface area contributed by atoms with Gasteiger partial charge < -0.3 is 20.5 Å². The Labute approximate surface area is 173 Å². The van der Waals surface area contributed by atoms with Crippen LogP contribution in [0.2, 0.25) is 0 Å². The Balaban J connectivity index is 1.40. The molecule has 7 nitrogen and oxygen atoms in total. The number of nitrogens with two attached hydrogens (primary N) is 1. The minimum Gasteiger partial charge on any atom is -0.493 e. The van der Waals surface area contributed by atoms with Gasteiger partial charge in [0, 0.05) is 51.0 Å². The highest BCUT2D eigenvalue weighted by molar-refractivity contribution is 5.92. The number of nitrogens with zero attached hydrogens (tertiary/aromatic N) is 3. The Morgan fingerprint density at radius 3 is 2.34 bits per heavy atom. The van der Waals surface area contributed by atoms with Crippen LogP contribution in [0, 0.1) is 0 Å². The summed E-state index contributed by atoms with van der Waals surface area (Å²) in [6.45, 7) is 6.89. The van der Waals surface area contributed by atoms with Gasteiger partial charge in [-0.05, 0) is 17.7 Å². The van der Waals surface area contributed by atoms with Crippen molar-refractivity contribution in [1.82, 2.24) is 9.80 Å². The van der Waals surface area contributed by atoms with Gasteiger partial charge in [-0.1, -0.05) is 30.3 Å². The van der Waals surface area contributed by atoms with Crippen molar-refractivity contribution >= 4 is 11.6 Å². The van der Waals surface area contributed by atoms with Crippen LogP contribution in [0.5, 0.6) is 11.5 Å². The summed E-state index contributed by atoms with van der Waals surface area (Å²) in [6, 6.07) is 16.2. The van der Waals surface area contributed by atoms with E-state index in [1.807, 2.05) is 18.2 Å². The number of methoxy groups -OCH3 is 2. The first-order valence-corrected chi connectivity index (χ1v) is 9.95. The maximum absolute atomic E-state index is 6.03. The second kappa shape index (κ2) is 10.7. The SMILES string of the molecule is COc1ccc(NC(N)=NCCN2CCN(Cc3ccccc3)CC2)cc1OC. The van der Waals surface area contributed by atoms with E-state index in [-0.39, 0.29) is 0 Å². The molecule has 1 aliphatic heterocycles. The number of anilines is 1. The molecular weight excluding hydrogens is 366 g/mol. The normalized spacial score (nSPS) is 15.9. The minimum atomic E-state index is 0.403. The summed E-state index contributed by atoms with van der Waals surface area (Å²) in [5.74, 6) is 1.73. The van der Waals surface area contributed by atoms with Crippen LogP contribution in [0.15, 0.2) is 53.5 Å². The van der Waals surface area contributed by atoms with E-state index in [2.05, 4.69) is 50.4 Å². The molecule has 2 aromatic rings. The van der Waals surface area contributed by atoms with Gasteiger partial charge in [0.1, 0.15) is 0 Å². The van der Waals surface area contributed by atoms with E-state index < -0.39 is 0 Å². The van der Waals surface area contributed by atoms with E-state index in [9.17, 15) is 0 Å². The summed E-state index contributed by atoms with van der Waals surface area (Å²) in [5, 5.41) is 3.11. The van der Waals surface area contributed by atoms with Crippen molar-refractivity contribution in [2.75, 3.05) is 58.8 Å². The molecule has 0 unspecified atom stereocenters. The fraction of sp³-hybridized carbons (Fsp3) is 0.409. The average molecular weight is 398 g/mol. The van der Waals surface area contributed by atoms with Crippen LogP contribution in [0.1, 0.15) is 5.56 Å². The van der Waals surface area contributed by atoms with E-state index in [1.165, 1.54) is 5.56 Å². The zero-order valence-corrected chi connectivity index (χ0v) is 17.3. The highest BCUT2D eigenvalue weighted by atomic mass is 16.5. The number of guanidine groups is 1. The Bertz CT molecular complexity index is 789. The zero-order chi connectivity index (χ0) is 20.5. The Kier molecular flexibility index (Phi) is 7.72. The van der Waals surface area contributed by atoms with Crippen LogP contribution < -0.4 is 20.5 Å². The maximum atomic E-state index is 6.03. The zero-order valence-electron chi connectivity index (χ0n) is 17.3. The van der Waals surface area contributed by atoms with Crippen molar-refractivity contribution in [3.05, 3.63) is 54.1 Å². The molecule has 1 aliphatic rings. The van der Waals surface area contributed by atoms with Gasteiger partial charge in [-0.25, -0.2) is 0 Å². The number of hydrogen-bond donors (Lipinski definition) is 2. The molecule has 156 valence electrons. The topological polar surface area (TPSA) is 75.4 Å². The number of benzene rings is 2. The number of rotatable bonds is 8. The summed E-state index contributed by atoms with van der Waals surface area (Å²) >= 11 is 0. The van der Waals surface area contributed by atoms with E-state index in [0.717, 1.165) is 45.0 Å². The van der Waals surface area contributed by atoms with Crippen molar-refractivity contribution in [3.8, 4) is 11.5 Å². The standard InChI is InChI=1S/C22H31N5O2/c1-28-20-9-8-19(16-21(20)29-2)25-22(23)24-10-11-26-12-14-27(15-13-26)17-18-6-4-3-5-7-18/h3-9,16H,10-15,17H2,1-2H3,(H3,23,24,25). The number of nitrogens with one attached hydrogen (secondary N) is 1. The number of piperazine rings is 1. The molecule has 29 heavy (non-hydrogen) atoms. The summed E-state index contributed by atoms with van der Waals surface area (Å²) < 4.78 is 10.6. The second-order valence-electron chi connectivity index (χ2n) is 7.07. The van der Waals surface area contributed by atoms with Crippen LogP contribution >= 0.6 is 0 Å². The molecule has 0 saturated carbocycles. The van der Waals surface area contributed by atoms with E-state index in [4.69, 9.17) is 15.2 Å². The smallest absolute Gasteiger partial charge is 0.193 e. The monoisotopic (exact) mass is 397 g/mol. The van der Waals surface area contributed by atoms with Gasteiger partial charge in [0.05, 0.1) is 20.8 Å². The third-order valence-electron chi connectivity index (χ3n) is 5.07. The molecule has 2 aromatic carbocycles. The summed E-state index contributed by atoms with van der Waals surface area (Å²) in [7, 11) is 3.22. The molecule has 3 rings (SSSR count). The third kappa shape index (κ3) is 6.37. The van der Waals surface area contributed by atoms with E-state index in [1.54, 1.807) is 14.2 Å². The van der Waals surface area contributed by atoms with Crippen molar-refractivity contribution in [1.29, 1.82) is 0 Å². The van der Waals surface area contributed by atoms with Crippen molar-refractivity contribution < 1.29 is 9.47 Å². The highest BCUT2D eigenvalue weighted by Crippen LogP contribution is 2.29. The van der Waals surface area contributed by atoms with Crippen LogP contribution in [-0.2, 0) is 6.54 Å². The van der Waals surface area contributed by atoms with Crippen LogP contribution in [0.3, 0.4) is 0 Å². The lowest BCUT2D eigenvalue weighted by Gasteiger charge is -2.34. The van der Waals surface area contributed by atoms with Gasteiger partial charge in [0.25, 0.3) is 0 Å². The van der Waals surface area contributed by atoms with Gasteiger partial charge >= 0.3 is 0 Å². The predicted octanol–water partition coefficient (Wildman–Crippen LogP) is 2.25. The van der Waals surface area contributed by atoms with Gasteiger partial charge in [-0.3, -0.25) is 14.8 Å². The molecule has 0 aromatic heterocycles. The number of hydrogen-bond acceptors (Lipinski definition) is 5. The quantitative estimate of drug-likeness (QED) is 0.526. The fourth-order valence-corrected chi connectivity index (χ4v) is 3.43. The molecule has 1 heterocycles. The summed E-state index contributed by atoms with van der Waals surface area (Å²) in [4.78, 5) is 9.40. The molecule has 7 heteroatoms. The Morgan fingerprint density at radius 2 is 1.66 bits per heavy atom. The Morgan fingerprint density at radius 1 is 0.966 bits per heavy atom. The van der Waals surface area contributed by atoms with Crippen LogP contribution in [0.4, 0.5) is 5.69 Å². The van der Waals surface area contributed by atoms with Crippen molar-refractivity contribution in [2.45, 2.75) is 6.54 Å². The molecular formula is C22H31N5O2. The summed E-state index contributed by atoms with van der Waals surface area (Å²) in [6.07, 6.45) is 0. The molecule has 0 aliphatic carbocycles. The van der Waals surface area contributed by atoms with Gasteiger partial charge in [0.15, 0.2) is 17.5 Å². The molecule has 3 N–H and O–H groups in total. The number of ether oxygens (including phenoxy) is 2. The second-order valence-corrected chi connectivity index (χ2v) is 7.07. The first-order valence-electron chi connectivity index (χ1n) is 9.95. The highest BCUT2D eigenvalue weighted by Gasteiger charge is 2.16. The number of aliphatic imine (C=N–C) groups is 1. The van der Waals surface area contributed by atoms with Crippen LogP contribution in [-0.4, -0.2) is 69.2 Å². The van der Waals surface area contributed by atoms with Gasteiger partial charge in [0.2, 0.25) is 0 Å². The Hall–Kier alpha value is -2.77. The minimum absolute atomic E-state index is 0.403. The largest absolute Gasteiger partial charge is 0.493 e. The molecule has 1 fully saturated rings.